The summed E-state index contributed by atoms with van der Waals surface area (Å²) in [4.78, 5) is 18.8. The van der Waals surface area contributed by atoms with Crippen molar-refractivity contribution in [1.82, 2.24) is 9.88 Å². The number of thiazole rings is 1. The van der Waals surface area contributed by atoms with Crippen LogP contribution in [0.2, 0.25) is 0 Å². The Morgan fingerprint density at radius 2 is 2.11 bits per heavy atom. The lowest BCUT2D eigenvalue weighted by molar-refractivity contribution is -0.129. The van der Waals surface area contributed by atoms with E-state index in [2.05, 4.69) is 26.2 Å². The van der Waals surface area contributed by atoms with Gasteiger partial charge in [0.2, 0.25) is 5.91 Å². The van der Waals surface area contributed by atoms with Gasteiger partial charge in [-0.05, 0) is 12.8 Å². The molecule has 1 saturated carbocycles. The highest BCUT2D eigenvalue weighted by Crippen LogP contribution is 2.41. The predicted molar refractivity (Wildman–Crippen MR) is 76.0 cm³/mol. The number of carbonyl (C=O) groups is 1. The third-order valence-corrected chi connectivity index (χ3v) is 5.10. The summed E-state index contributed by atoms with van der Waals surface area (Å²) < 4.78 is 0. The highest BCUT2D eigenvalue weighted by molar-refractivity contribution is 7.09. The van der Waals surface area contributed by atoms with Crippen LogP contribution in [0.4, 0.5) is 0 Å². The minimum atomic E-state index is -0.108. The fourth-order valence-electron chi connectivity index (χ4n) is 2.69. The van der Waals surface area contributed by atoms with Crippen molar-refractivity contribution in [3.63, 3.8) is 0 Å². The lowest BCUT2D eigenvalue weighted by atomic mass is 9.98. The molecule has 2 heterocycles. The van der Waals surface area contributed by atoms with Gasteiger partial charge in [0.25, 0.3) is 0 Å². The maximum absolute atomic E-state index is 12.1. The fraction of sp³-hybridized carbons (Fsp3) is 0.714. The molecular weight excluding hydrogens is 258 g/mol. The van der Waals surface area contributed by atoms with E-state index in [0.717, 1.165) is 23.5 Å². The van der Waals surface area contributed by atoms with E-state index in [4.69, 9.17) is 10.7 Å². The first-order valence-corrected chi connectivity index (χ1v) is 7.78. The third kappa shape index (κ3) is 2.30. The molecule has 1 aliphatic carbocycles. The quantitative estimate of drug-likeness (QED) is 0.903. The van der Waals surface area contributed by atoms with Gasteiger partial charge in [-0.3, -0.25) is 4.79 Å². The van der Waals surface area contributed by atoms with Crippen LogP contribution in [0.1, 0.15) is 56.8 Å². The first-order valence-electron chi connectivity index (χ1n) is 6.90. The molecule has 1 aliphatic heterocycles. The molecule has 0 spiro atoms. The zero-order valence-electron chi connectivity index (χ0n) is 11.7. The van der Waals surface area contributed by atoms with Crippen LogP contribution in [0.3, 0.4) is 0 Å². The molecule has 3 rings (SSSR count). The molecule has 1 aromatic heterocycles. The summed E-state index contributed by atoms with van der Waals surface area (Å²) in [5.74, 6) is 0.199. The molecule has 4 nitrogen and oxygen atoms in total. The van der Waals surface area contributed by atoms with Crippen molar-refractivity contribution < 1.29 is 4.79 Å². The molecule has 2 unspecified atom stereocenters. The minimum Gasteiger partial charge on any atom is -0.329 e. The average molecular weight is 279 g/mol. The second-order valence-electron chi connectivity index (χ2n) is 6.67. The Balaban J connectivity index is 1.91. The second kappa shape index (κ2) is 4.28. The van der Waals surface area contributed by atoms with Crippen LogP contribution >= 0.6 is 11.3 Å². The van der Waals surface area contributed by atoms with Crippen molar-refractivity contribution in [1.29, 1.82) is 0 Å². The number of likely N-dealkylation sites (tertiary alicyclic amines) is 1. The van der Waals surface area contributed by atoms with E-state index < -0.39 is 0 Å². The first kappa shape index (κ1) is 13.1. The maximum Gasteiger partial charge on any atom is 0.225 e. The number of nitrogens with two attached hydrogens (primary N) is 1. The van der Waals surface area contributed by atoms with E-state index in [-0.39, 0.29) is 23.4 Å². The smallest absolute Gasteiger partial charge is 0.225 e. The lowest BCUT2D eigenvalue weighted by Gasteiger charge is -2.25. The van der Waals surface area contributed by atoms with Gasteiger partial charge in [0, 0.05) is 29.3 Å². The van der Waals surface area contributed by atoms with Crippen LogP contribution in [0.25, 0.3) is 0 Å². The van der Waals surface area contributed by atoms with Crippen LogP contribution in [0.15, 0.2) is 5.38 Å². The number of hydrogen-bond donors (Lipinski definition) is 1. The number of carbonyl (C=O) groups excluding carboxylic acids is 1. The highest BCUT2D eigenvalue weighted by Gasteiger charge is 2.46. The second-order valence-corrected chi connectivity index (χ2v) is 7.53. The van der Waals surface area contributed by atoms with E-state index in [0.29, 0.717) is 12.5 Å². The van der Waals surface area contributed by atoms with Crippen LogP contribution in [0.5, 0.6) is 0 Å². The van der Waals surface area contributed by atoms with Crippen molar-refractivity contribution in [2.45, 2.75) is 63.6 Å². The van der Waals surface area contributed by atoms with Crippen LogP contribution in [0, 0.1) is 0 Å². The van der Waals surface area contributed by atoms with Gasteiger partial charge in [0.05, 0.1) is 16.7 Å². The Hall–Kier alpha value is -0.940. The molecule has 1 saturated heterocycles. The van der Waals surface area contributed by atoms with Crippen LogP contribution in [-0.4, -0.2) is 27.9 Å². The number of nitrogens with zero attached hydrogens (tertiary/aromatic N) is 2. The standard InChI is InChI=1S/C14H21N3OS/c1-14(2,3)13-16-10(7-19-13)12-9(15)6-11(18)17(12)8-4-5-8/h7-9,12H,4-6,15H2,1-3H3. The van der Waals surface area contributed by atoms with Gasteiger partial charge in [0.15, 0.2) is 0 Å². The monoisotopic (exact) mass is 279 g/mol. The van der Waals surface area contributed by atoms with Gasteiger partial charge in [0.1, 0.15) is 0 Å². The SMILES string of the molecule is CC(C)(C)c1nc(C2C(N)CC(=O)N2C2CC2)cs1. The summed E-state index contributed by atoms with van der Waals surface area (Å²) in [6.45, 7) is 6.48. The van der Waals surface area contributed by atoms with Gasteiger partial charge < -0.3 is 10.6 Å². The summed E-state index contributed by atoms with van der Waals surface area (Å²) >= 11 is 1.68. The van der Waals surface area contributed by atoms with E-state index in [1.165, 1.54) is 0 Å². The Morgan fingerprint density at radius 3 is 2.63 bits per heavy atom. The first-order chi connectivity index (χ1) is 8.88. The van der Waals surface area contributed by atoms with Crippen molar-refractivity contribution in [2.24, 2.45) is 5.73 Å². The number of hydrogen-bond acceptors (Lipinski definition) is 4. The molecule has 19 heavy (non-hydrogen) atoms. The van der Waals surface area contributed by atoms with Gasteiger partial charge in [-0.1, -0.05) is 20.8 Å². The zero-order valence-corrected chi connectivity index (χ0v) is 12.5. The Labute approximate surface area is 118 Å². The van der Waals surface area contributed by atoms with Crippen molar-refractivity contribution in [3.05, 3.63) is 16.1 Å². The molecule has 2 atom stereocenters. The normalized spacial score (nSPS) is 28.2. The van der Waals surface area contributed by atoms with E-state index in [1.54, 1.807) is 11.3 Å². The van der Waals surface area contributed by atoms with Crippen molar-refractivity contribution >= 4 is 17.2 Å². The molecule has 2 N–H and O–H groups in total. The molecule has 1 amide bonds. The summed E-state index contributed by atoms with van der Waals surface area (Å²) in [5.41, 5.74) is 7.22. The molecule has 5 heteroatoms. The van der Waals surface area contributed by atoms with Crippen LogP contribution in [-0.2, 0) is 10.2 Å². The molecule has 2 fully saturated rings. The van der Waals surface area contributed by atoms with Gasteiger partial charge in [-0.15, -0.1) is 11.3 Å². The maximum atomic E-state index is 12.1. The molecule has 0 bridgehead atoms. The van der Waals surface area contributed by atoms with E-state index in [1.807, 2.05) is 4.90 Å². The molecule has 2 aliphatic rings. The van der Waals surface area contributed by atoms with Gasteiger partial charge in [-0.2, -0.15) is 0 Å². The molecule has 1 aromatic rings. The Kier molecular flexibility index (Phi) is 2.94. The number of amides is 1. The molecular formula is C14H21N3OS. The van der Waals surface area contributed by atoms with E-state index >= 15 is 0 Å². The topological polar surface area (TPSA) is 59.2 Å². The fourth-order valence-corrected chi connectivity index (χ4v) is 3.63. The number of rotatable bonds is 2. The third-order valence-electron chi connectivity index (χ3n) is 3.81. The minimum absolute atomic E-state index is 0.00708. The molecule has 104 valence electrons. The summed E-state index contributed by atoms with van der Waals surface area (Å²) in [6, 6.07) is 0.293. The predicted octanol–water partition coefficient (Wildman–Crippen LogP) is 2.20. The summed E-state index contributed by atoms with van der Waals surface area (Å²) in [6.07, 6.45) is 2.69. The molecule has 0 radical (unpaired) electrons. The summed E-state index contributed by atoms with van der Waals surface area (Å²) in [5, 5.41) is 3.20. The van der Waals surface area contributed by atoms with Crippen LogP contribution < -0.4 is 5.73 Å². The molecule has 0 aromatic carbocycles. The number of aromatic nitrogens is 1. The van der Waals surface area contributed by atoms with Gasteiger partial charge in [-0.25, -0.2) is 4.98 Å². The van der Waals surface area contributed by atoms with Gasteiger partial charge >= 0.3 is 0 Å². The zero-order chi connectivity index (χ0) is 13.8. The summed E-state index contributed by atoms with van der Waals surface area (Å²) in [7, 11) is 0. The lowest BCUT2D eigenvalue weighted by Crippen LogP contribution is -2.35. The van der Waals surface area contributed by atoms with E-state index in [9.17, 15) is 4.79 Å². The largest absolute Gasteiger partial charge is 0.329 e. The Morgan fingerprint density at radius 1 is 1.42 bits per heavy atom. The average Bonchev–Trinajstić information content (AvgIpc) is 2.90. The van der Waals surface area contributed by atoms with Crippen molar-refractivity contribution in [3.8, 4) is 0 Å². The van der Waals surface area contributed by atoms with Crippen molar-refractivity contribution in [2.75, 3.05) is 0 Å². The highest BCUT2D eigenvalue weighted by atomic mass is 32.1. The Bertz CT molecular complexity index is 501.